The van der Waals surface area contributed by atoms with Crippen molar-refractivity contribution in [2.75, 3.05) is 17.7 Å². The Hall–Kier alpha value is -3.60. The molecule has 0 heterocycles. The van der Waals surface area contributed by atoms with Gasteiger partial charge in [0.2, 0.25) is 0 Å². The van der Waals surface area contributed by atoms with Crippen LogP contribution in [0.5, 0.6) is 5.75 Å². The van der Waals surface area contributed by atoms with E-state index in [0.29, 0.717) is 28.3 Å². The molecule has 0 atom stereocenters. The number of nitrogens with one attached hydrogen (secondary N) is 2. The van der Waals surface area contributed by atoms with Crippen molar-refractivity contribution < 1.29 is 14.3 Å². The molecule has 0 aliphatic rings. The van der Waals surface area contributed by atoms with Gasteiger partial charge in [-0.3, -0.25) is 9.59 Å². The first-order valence-corrected chi connectivity index (χ1v) is 9.05. The zero-order chi connectivity index (χ0) is 19.9. The molecule has 0 unspecified atom stereocenters. The minimum absolute atomic E-state index is 0.267. The first-order valence-electron chi connectivity index (χ1n) is 9.05. The fraction of sp³-hybridized carbons (Fsp3) is 0.130. The van der Waals surface area contributed by atoms with E-state index in [0.717, 1.165) is 6.42 Å². The first-order chi connectivity index (χ1) is 13.6. The number of benzene rings is 3. The number of carbonyl (C=O) groups is 2. The highest BCUT2D eigenvalue weighted by molar-refractivity contribution is 6.09. The SMILES string of the molecule is CCc1ccc(NC(=O)c2cccc(C(=O)Nc3ccccc3OC)c2)cc1. The van der Waals surface area contributed by atoms with Gasteiger partial charge in [0, 0.05) is 16.8 Å². The molecule has 3 aromatic carbocycles. The van der Waals surface area contributed by atoms with E-state index >= 15 is 0 Å². The molecule has 2 N–H and O–H groups in total. The number of methoxy groups -OCH3 is 1. The van der Waals surface area contributed by atoms with Crippen LogP contribution in [0.25, 0.3) is 0 Å². The second kappa shape index (κ2) is 8.86. The van der Waals surface area contributed by atoms with Gasteiger partial charge in [0.1, 0.15) is 5.75 Å². The molecule has 0 bridgehead atoms. The lowest BCUT2D eigenvalue weighted by molar-refractivity contribution is 0.102. The van der Waals surface area contributed by atoms with Crippen LogP contribution < -0.4 is 15.4 Å². The Morgan fingerprint density at radius 1 is 0.821 bits per heavy atom. The zero-order valence-electron chi connectivity index (χ0n) is 15.9. The van der Waals surface area contributed by atoms with Crippen LogP contribution in [0.1, 0.15) is 33.2 Å². The van der Waals surface area contributed by atoms with Gasteiger partial charge in [0.05, 0.1) is 12.8 Å². The second-order valence-electron chi connectivity index (χ2n) is 6.24. The topological polar surface area (TPSA) is 67.4 Å². The van der Waals surface area contributed by atoms with Crippen molar-refractivity contribution in [3.8, 4) is 5.75 Å². The lowest BCUT2D eigenvalue weighted by atomic mass is 10.1. The Kier molecular flexibility index (Phi) is 6.07. The first kappa shape index (κ1) is 19.2. The van der Waals surface area contributed by atoms with E-state index in [-0.39, 0.29) is 11.8 Å². The summed E-state index contributed by atoms with van der Waals surface area (Å²) in [5.74, 6) is -0.0112. The van der Waals surface area contributed by atoms with E-state index in [1.807, 2.05) is 36.4 Å². The van der Waals surface area contributed by atoms with Crippen molar-refractivity contribution in [1.82, 2.24) is 0 Å². The minimum atomic E-state index is -0.313. The zero-order valence-corrected chi connectivity index (χ0v) is 15.9. The highest BCUT2D eigenvalue weighted by atomic mass is 16.5. The quantitative estimate of drug-likeness (QED) is 0.653. The maximum Gasteiger partial charge on any atom is 0.255 e. The number of ether oxygens (including phenoxy) is 1. The maximum absolute atomic E-state index is 12.6. The molecule has 5 nitrogen and oxygen atoms in total. The molecule has 0 aliphatic heterocycles. The maximum atomic E-state index is 12.6. The highest BCUT2D eigenvalue weighted by Gasteiger charge is 2.12. The van der Waals surface area contributed by atoms with Gasteiger partial charge in [0.25, 0.3) is 11.8 Å². The van der Waals surface area contributed by atoms with Crippen LogP contribution in [-0.2, 0) is 6.42 Å². The van der Waals surface area contributed by atoms with Gasteiger partial charge < -0.3 is 15.4 Å². The predicted molar refractivity (Wildman–Crippen MR) is 111 cm³/mol. The van der Waals surface area contributed by atoms with Crippen LogP contribution in [0.2, 0.25) is 0 Å². The Morgan fingerprint density at radius 2 is 1.46 bits per heavy atom. The van der Waals surface area contributed by atoms with Gasteiger partial charge in [-0.2, -0.15) is 0 Å². The molecule has 142 valence electrons. The van der Waals surface area contributed by atoms with E-state index < -0.39 is 0 Å². The van der Waals surface area contributed by atoms with Crippen molar-refractivity contribution in [2.45, 2.75) is 13.3 Å². The summed E-state index contributed by atoms with van der Waals surface area (Å²) in [7, 11) is 1.54. The van der Waals surface area contributed by atoms with Gasteiger partial charge in [0.15, 0.2) is 0 Å². The highest BCUT2D eigenvalue weighted by Crippen LogP contribution is 2.23. The van der Waals surface area contributed by atoms with Crippen molar-refractivity contribution in [1.29, 1.82) is 0 Å². The summed E-state index contributed by atoms with van der Waals surface area (Å²) in [5, 5.41) is 5.66. The van der Waals surface area contributed by atoms with Gasteiger partial charge >= 0.3 is 0 Å². The number of carbonyl (C=O) groups excluding carboxylic acids is 2. The fourth-order valence-electron chi connectivity index (χ4n) is 2.77. The van der Waals surface area contributed by atoms with Crippen LogP contribution >= 0.6 is 0 Å². The van der Waals surface area contributed by atoms with Gasteiger partial charge in [-0.25, -0.2) is 0 Å². The van der Waals surface area contributed by atoms with Gasteiger partial charge in [-0.15, -0.1) is 0 Å². The van der Waals surface area contributed by atoms with E-state index in [1.165, 1.54) is 5.56 Å². The molecule has 28 heavy (non-hydrogen) atoms. The van der Waals surface area contributed by atoms with E-state index in [1.54, 1.807) is 43.5 Å². The van der Waals surface area contributed by atoms with Crippen LogP contribution in [0.3, 0.4) is 0 Å². The van der Waals surface area contributed by atoms with Crippen LogP contribution in [-0.4, -0.2) is 18.9 Å². The third kappa shape index (κ3) is 4.57. The molecule has 3 aromatic rings. The second-order valence-corrected chi connectivity index (χ2v) is 6.24. The molecule has 0 aromatic heterocycles. The Morgan fingerprint density at radius 3 is 2.11 bits per heavy atom. The summed E-state index contributed by atoms with van der Waals surface area (Å²) < 4.78 is 5.25. The number of rotatable bonds is 6. The van der Waals surface area contributed by atoms with Crippen molar-refractivity contribution in [3.63, 3.8) is 0 Å². The van der Waals surface area contributed by atoms with Gasteiger partial charge in [-0.05, 0) is 54.4 Å². The molecule has 0 saturated carbocycles. The van der Waals surface area contributed by atoms with E-state index in [9.17, 15) is 9.59 Å². The summed E-state index contributed by atoms with van der Waals surface area (Å²) in [6.45, 7) is 2.08. The Labute approximate surface area is 164 Å². The molecule has 0 saturated heterocycles. The number of aryl methyl sites for hydroxylation is 1. The Bertz CT molecular complexity index is 981. The van der Waals surface area contributed by atoms with Gasteiger partial charge in [-0.1, -0.05) is 37.3 Å². The van der Waals surface area contributed by atoms with E-state index in [4.69, 9.17) is 4.74 Å². The summed E-state index contributed by atoms with van der Waals surface area (Å²) in [5.41, 5.74) is 3.28. The molecular weight excluding hydrogens is 352 g/mol. The smallest absolute Gasteiger partial charge is 0.255 e. The summed E-state index contributed by atoms with van der Waals surface area (Å²) in [6, 6.07) is 21.5. The summed E-state index contributed by atoms with van der Waals surface area (Å²) in [4.78, 5) is 25.1. The lowest BCUT2D eigenvalue weighted by Gasteiger charge is -2.11. The van der Waals surface area contributed by atoms with Crippen molar-refractivity contribution >= 4 is 23.2 Å². The molecule has 3 rings (SSSR count). The predicted octanol–water partition coefficient (Wildman–Crippen LogP) is 4.76. The number of para-hydroxylation sites is 2. The largest absolute Gasteiger partial charge is 0.495 e. The third-order valence-electron chi connectivity index (χ3n) is 4.36. The number of anilines is 2. The summed E-state index contributed by atoms with van der Waals surface area (Å²) >= 11 is 0. The minimum Gasteiger partial charge on any atom is -0.495 e. The standard InChI is InChI=1S/C23H22N2O3/c1-3-16-11-13-19(14-12-16)24-22(26)17-7-6-8-18(15-17)23(27)25-20-9-4-5-10-21(20)28-2/h4-15H,3H2,1-2H3,(H,24,26)(H,25,27). The molecule has 5 heteroatoms. The fourth-order valence-corrected chi connectivity index (χ4v) is 2.77. The van der Waals surface area contributed by atoms with Crippen LogP contribution in [0.4, 0.5) is 11.4 Å². The molecule has 0 spiro atoms. The molecule has 2 amide bonds. The average Bonchev–Trinajstić information content (AvgIpc) is 2.74. The lowest BCUT2D eigenvalue weighted by Crippen LogP contribution is -2.16. The van der Waals surface area contributed by atoms with Crippen LogP contribution in [0.15, 0.2) is 72.8 Å². The van der Waals surface area contributed by atoms with Crippen molar-refractivity contribution in [2.24, 2.45) is 0 Å². The Balaban J connectivity index is 1.73. The van der Waals surface area contributed by atoms with E-state index in [2.05, 4.69) is 17.6 Å². The van der Waals surface area contributed by atoms with Crippen molar-refractivity contribution in [3.05, 3.63) is 89.5 Å². The van der Waals surface area contributed by atoms with Crippen LogP contribution in [0, 0.1) is 0 Å². The normalized spacial score (nSPS) is 10.2. The monoisotopic (exact) mass is 374 g/mol. The molecule has 0 radical (unpaired) electrons. The molecular formula is C23H22N2O3. The summed E-state index contributed by atoms with van der Waals surface area (Å²) in [6.07, 6.45) is 0.942. The third-order valence-corrected chi connectivity index (χ3v) is 4.36. The average molecular weight is 374 g/mol. The number of amides is 2. The molecule has 0 aliphatic carbocycles. The molecule has 0 fully saturated rings. The number of hydrogen-bond donors (Lipinski definition) is 2. The number of hydrogen-bond acceptors (Lipinski definition) is 3.